The van der Waals surface area contributed by atoms with Gasteiger partial charge in [-0.1, -0.05) is 6.92 Å². The third kappa shape index (κ3) is 5.18. The van der Waals surface area contributed by atoms with E-state index in [9.17, 15) is 9.18 Å². The van der Waals surface area contributed by atoms with Gasteiger partial charge in [0.2, 0.25) is 0 Å². The number of rotatable bonds is 6. The minimum Gasteiger partial charge on any atom is -0.352 e. The predicted octanol–water partition coefficient (Wildman–Crippen LogP) is 3.21. The molecule has 1 rings (SSSR count). The number of benzene rings is 1. The van der Waals surface area contributed by atoms with Gasteiger partial charge in [-0.3, -0.25) is 4.79 Å². The van der Waals surface area contributed by atoms with Crippen molar-refractivity contribution in [1.29, 1.82) is 0 Å². The van der Waals surface area contributed by atoms with E-state index in [2.05, 4.69) is 12.2 Å². The van der Waals surface area contributed by atoms with E-state index in [1.54, 1.807) is 0 Å². The first-order chi connectivity index (χ1) is 8.13. The minimum atomic E-state index is -0.336. The summed E-state index contributed by atoms with van der Waals surface area (Å²) in [6.07, 6.45) is 1.90. The Hall–Kier alpha value is -1.09. The van der Waals surface area contributed by atoms with Crippen LogP contribution in [0.5, 0.6) is 0 Å². The highest BCUT2D eigenvalue weighted by Crippen LogP contribution is 2.07. The number of alkyl halides is 1. The summed E-state index contributed by atoms with van der Waals surface area (Å²) in [7, 11) is 0. The highest BCUT2D eigenvalue weighted by Gasteiger charge is 2.05. The van der Waals surface area contributed by atoms with Gasteiger partial charge in [-0.05, 0) is 43.0 Å². The molecule has 0 fully saturated rings. The van der Waals surface area contributed by atoms with Crippen LogP contribution < -0.4 is 5.32 Å². The maximum absolute atomic E-state index is 12.6. The fraction of sp³-hybridized carbons (Fsp3) is 0.462. The fourth-order valence-corrected chi connectivity index (χ4v) is 1.59. The molecular formula is C13H17ClFNO. The van der Waals surface area contributed by atoms with Gasteiger partial charge in [-0.2, -0.15) is 0 Å². The Morgan fingerprint density at radius 3 is 2.65 bits per heavy atom. The second-order valence-corrected chi connectivity index (χ2v) is 4.47. The van der Waals surface area contributed by atoms with E-state index in [0.29, 0.717) is 23.9 Å². The molecule has 0 heterocycles. The standard InChI is InChI=1S/C13H17ClFNO/c1-10(9-14)3-2-8-16-13(17)11-4-6-12(15)7-5-11/h4-7,10H,2-3,8-9H2,1H3,(H,16,17). The zero-order chi connectivity index (χ0) is 12.7. The molecule has 0 aliphatic carbocycles. The third-order valence-electron chi connectivity index (χ3n) is 2.53. The molecule has 4 heteroatoms. The maximum atomic E-state index is 12.6. The number of hydrogen-bond donors (Lipinski definition) is 1. The van der Waals surface area contributed by atoms with Gasteiger partial charge in [-0.15, -0.1) is 11.6 Å². The normalized spacial score (nSPS) is 12.2. The Labute approximate surface area is 106 Å². The average molecular weight is 258 g/mol. The molecule has 0 aliphatic heterocycles. The highest BCUT2D eigenvalue weighted by molar-refractivity contribution is 6.18. The Bertz CT molecular complexity index is 353. The summed E-state index contributed by atoms with van der Waals surface area (Å²) in [6.45, 7) is 2.70. The molecule has 0 spiro atoms. The first-order valence-corrected chi connectivity index (χ1v) is 6.26. The Morgan fingerprint density at radius 1 is 1.41 bits per heavy atom. The molecule has 1 N–H and O–H groups in total. The van der Waals surface area contributed by atoms with E-state index < -0.39 is 0 Å². The number of amides is 1. The first-order valence-electron chi connectivity index (χ1n) is 5.73. The Morgan fingerprint density at radius 2 is 2.06 bits per heavy atom. The topological polar surface area (TPSA) is 29.1 Å². The zero-order valence-electron chi connectivity index (χ0n) is 9.88. The largest absolute Gasteiger partial charge is 0.352 e. The molecular weight excluding hydrogens is 241 g/mol. The lowest BCUT2D eigenvalue weighted by molar-refractivity contribution is 0.0952. The molecule has 0 saturated carbocycles. The first kappa shape index (κ1) is 14.0. The van der Waals surface area contributed by atoms with E-state index in [-0.39, 0.29) is 11.7 Å². The summed E-state index contributed by atoms with van der Waals surface area (Å²) in [4.78, 5) is 11.6. The molecule has 0 radical (unpaired) electrons. The lowest BCUT2D eigenvalue weighted by Gasteiger charge is -2.08. The summed E-state index contributed by atoms with van der Waals surface area (Å²) in [5.41, 5.74) is 0.483. The van der Waals surface area contributed by atoms with Crippen LogP contribution in [0, 0.1) is 11.7 Å². The smallest absolute Gasteiger partial charge is 0.251 e. The van der Waals surface area contributed by atoms with Crippen LogP contribution in [0.4, 0.5) is 4.39 Å². The average Bonchev–Trinajstić information content (AvgIpc) is 2.34. The Kier molecular flexibility index (Phi) is 5.98. The van der Waals surface area contributed by atoms with Crippen LogP contribution in [0.25, 0.3) is 0 Å². The number of halogens is 2. The quantitative estimate of drug-likeness (QED) is 0.615. The lowest BCUT2D eigenvalue weighted by atomic mass is 10.1. The molecule has 94 valence electrons. The zero-order valence-corrected chi connectivity index (χ0v) is 10.6. The van der Waals surface area contributed by atoms with Crippen LogP contribution in [-0.4, -0.2) is 18.3 Å². The summed E-state index contributed by atoms with van der Waals surface area (Å²) in [6, 6.07) is 5.52. The summed E-state index contributed by atoms with van der Waals surface area (Å²) >= 11 is 5.68. The van der Waals surface area contributed by atoms with Crippen molar-refractivity contribution >= 4 is 17.5 Å². The van der Waals surface area contributed by atoms with E-state index in [1.165, 1.54) is 24.3 Å². The lowest BCUT2D eigenvalue weighted by Crippen LogP contribution is -2.24. The number of carbonyl (C=O) groups is 1. The van der Waals surface area contributed by atoms with Gasteiger partial charge in [-0.25, -0.2) is 4.39 Å². The molecule has 1 unspecified atom stereocenters. The van der Waals surface area contributed by atoms with E-state index in [1.807, 2.05) is 0 Å². The van der Waals surface area contributed by atoms with Crippen molar-refractivity contribution in [3.05, 3.63) is 35.6 Å². The molecule has 17 heavy (non-hydrogen) atoms. The van der Waals surface area contributed by atoms with Crippen LogP contribution >= 0.6 is 11.6 Å². The number of hydrogen-bond acceptors (Lipinski definition) is 1. The van der Waals surface area contributed by atoms with Crippen LogP contribution in [0.3, 0.4) is 0 Å². The van der Waals surface area contributed by atoms with Gasteiger partial charge in [0.1, 0.15) is 5.82 Å². The van der Waals surface area contributed by atoms with E-state index in [4.69, 9.17) is 11.6 Å². The number of carbonyl (C=O) groups excluding carboxylic acids is 1. The molecule has 1 aromatic rings. The van der Waals surface area contributed by atoms with Crippen molar-refractivity contribution < 1.29 is 9.18 Å². The molecule has 0 aromatic heterocycles. The second-order valence-electron chi connectivity index (χ2n) is 4.16. The van der Waals surface area contributed by atoms with Crippen molar-refractivity contribution in [2.45, 2.75) is 19.8 Å². The van der Waals surface area contributed by atoms with Crippen molar-refractivity contribution in [2.75, 3.05) is 12.4 Å². The third-order valence-corrected chi connectivity index (χ3v) is 3.06. The monoisotopic (exact) mass is 257 g/mol. The molecule has 1 aromatic carbocycles. The molecule has 1 amide bonds. The highest BCUT2D eigenvalue weighted by atomic mass is 35.5. The van der Waals surface area contributed by atoms with Gasteiger partial charge < -0.3 is 5.32 Å². The number of nitrogens with one attached hydrogen (secondary N) is 1. The second kappa shape index (κ2) is 7.28. The van der Waals surface area contributed by atoms with Crippen molar-refractivity contribution in [2.24, 2.45) is 5.92 Å². The van der Waals surface area contributed by atoms with Crippen LogP contribution in [0.1, 0.15) is 30.1 Å². The van der Waals surface area contributed by atoms with Gasteiger partial charge in [0.15, 0.2) is 0 Å². The summed E-state index contributed by atoms with van der Waals surface area (Å²) in [5, 5.41) is 2.79. The maximum Gasteiger partial charge on any atom is 0.251 e. The van der Waals surface area contributed by atoms with Gasteiger partial charge in [0, 0.05) is 18.0 Å². The predicted molar refractivity (Wildman–Crippen MR) is 67.9 cm³/mol. The van der Waals surface area contributed by atoms with Crippen LogP contribution in [-0.2, 0) is 0 Å². The molecule has 0 bridgehead atoms. The summed E-state index contributed by atoms with van der Waals surface area (Å²) < 4.78 is 12.6. The van der Waals surface area contributed by atoms with Crippen molar-refractivity contribution in [3.8, 4) is 0 Å². The Balaban J connectivity index is 2.28. The van der Waals surface area contributed by atoms with Crippen molar-refractivity contribution in [1.82, 2.24) is 5.32 Å². The SMILES string of the molecule is CC(CCl)CCCNC(=O)c1ccc(F)cc1. The van der Waals surface area contributed by atoms with Crippen LogP contribution in [0.15, 0.2) is 24.3 Å². The minimum absolute atomic E-state index is 0.163. The summed E-state index contributed by atoms with van der Waals surface area (Å²) in [5.74, 6) is 0.617. The van der Waals surface area contributed by atoms with Crippen LogP contribution in [0.2, 0.25) is 0 Å². The van der Waals surface area contributed by atoms with Gasteiger partial charge in [0.25, 0.3) is 5.91 Å². The fourth-order valence-electron chi connectivity index (χ4n) is 1.43. The van der Waals surface area contributed by atoms with E-state index in [0.717, 1.165) is 12.8 Å². The van der Waals surface area contributed by atoms with Gasteiger partial charge in [0.05, 0.1) is 0 Å². The van der Waals surface area contributed by atoms with Crippen molar-refractivity contribution in [3.63, 3.8) is 0 Å². The van der Waals surface area contributed by atoms with E-state index >= 15 is 0 Å². The molecule has 1 atom stereocenters. The van der Waals surface area contributed by atoms with Gasteiger partial charge >= 0.3 is 0 Å². The molecule has 2 nitrogen and oxygen atoms in total. The molecule has 0 saturated heterocycles. The molecule has 0 aliphatic rings.